The van der Waals surface area contributed by atoms with Gasteiger partial charge in [0.25, 0.3) is 0 Å². The molecule has 2 aliphatic rings. The normalized spacial score (nSPS) is 14.2. The van der Waals surface area contributed by atoms with Crippen LogP contribution in [0.3, 0.4) is 0 Å². The molecule has 0 atom stereocenters. The summed E-state index contributed by atoms with van der Waals surface area (Å²) in [6.07, 6.45) is 9.43. The summed E-state index contributed by atoms with van der Waals surface area (Å²) >= 11 is 0. The molecule has 0 saturated heterocycles. The van der Waals surface area contributed by atoms with Gasteiger partial charge in [0.2, 0.25) is 0 Å². The van der Waals surface area contributed by atoms with E-state index in [1.807, 2.05) is 36.4 Å². The van der Waals surface area contributed by atoms with Crippen molar-refractivity contribution in [1.82, 2.24) is 15.0 Å². The molecular weight excluding hydrogens is 839 g/mol. The van der Waals surface area contributed by atoms with Gasteiger partial charge in [-0.05, 0) is 91.4 Å². The summed E-state index contributed by atoms with van der Waals surface area (Å²) < 4.78 is 0. The fraction of sp³-hybridized carbons (Fsp3) is 0.109. The Labute approximate surface area is 403 Å². The Bertz CT molecular complexity index is 3530. The van der Waals surface area contributed by atoms with E-state index >= 15 is 0 Å². The highest BCUT2D eigenvalue weighted by atomic mass is 15.0. The minimum Gasteiger partial charge on any atom is -0.232 e. The number of aromatic nitrogens is 3. The van der Waals surface area contributed by atoms with Crippen LogP contribution in [-0.4, -0.2) is 26.5 Å². The summed E-state index contributed by atoms with van der Waals surface area (Å²) in [6, 6.07) is 75.1. The molecule has 1 aromatic heterocycles. The molecule has 5 heteroatoms. The maximum Gasteiger partial charge on any atom is 0.164 e. The first-order chi connectivity index (χ1) is 34.2. The molecule has 0 unspecified atom stereocenters. The van der Waals surface area contributed by atoms with E-state index in [-0.39, 0.29) is 0 Å². The van der Waals surface area contributed by atoms with Gasteiger partial charge in [0.05, 0.1) is 11.4 Å². The lowest BCUT2D eigenvalue weighted by Gasteiger charge is -2.22. The van der Waals surface area contributed by atoms with Crippen molar-refractivity contribution in [2.75, 3.05) is 0 Å². The van der Waals surface area contributed by atoms with Crippen LogP contribution in [0, 0.1) is 0 Å². The molecule has 0 N–H and O–H groups in total. The van der Waals surface area contributed by atoms with Gasteiger partial charge in [-0.15, -0.1) is 0 Å². The Hall–Kier alpha value is -8.41. The monoisotopic (exact) mass is 887 g/mol. The van der Waals surface area contributed by atoms with Gasteiger partial charge < -0.3 is 0 Å². The molecule has 0 radical (unpaired) electrons. The van der Waals surface area contributed by atoms with Crippen LogP contribution >= 0.6 is 0 Å². The molecule has 0 bridgehead atoms. The smallest absolute Gasteiger partial charge is 0.164 e. The van der Waals surface area contributed by atoms with E-state index in [1.54, 1.807) is 0 Å². The number of hydrogen-bond donors (Lipinski definition) is 0. The Morgan fingerprint density at radius 3 is 1.64 bits per heavy atom. The second-order valence-electron chi connectivity index (χ2n) is 18.2. The van der Waals surface area contributed by atoms with Gasteiger partial charge in [0.1, 0.15) is 0 Å². The minimum atomic E-state index is 0.604. The van der Waals surface area contributed by atoms with Crippen molar-refractivity contribution in [3.05, 3.63) is 241 Å². The van der Waals surface area contributed by atoms with Crippen molar-refractivity contribution in [2.45, 2.75) is 44.4 Å². The predicted octanol–water partition coefficient (Wildman–Crippen LogP) is 16.2. The molecule has 9 aromatic carbocycles. The van der Waals surface area contributed by atoms with Crippen molar-refractivity contribution >= 4 is 38.8 Å². The molecule has 0 amide bonds. The Morgan fingerprint density at radius 2 is 0.913 bits per heavy atom. The summed E-state index contributed by atoms with van der Waals surface area (Å²) in [4.78, 5) is 26.3. The standard InChI is InChI=1S/C64H49N5/c1-5-17-43(18-6-1)44-29-32-47(33-30-44)60-40-39-59(46-20-7-2-8-21-46)65-63(66-60)52-36-38-56(58(42-52)51-35-37-54-50(41-51)34-31-45-19-13-14-26-53(45)54)55-27-15-16-28-57(55)64-68-61(48-22-9-3-10-23-48)67-62(69-64)49-24-11-4-12-25-49/h2-4,7-16,19-38,40-43H,1,5-6,17-18,39H2. The lowest BCUT2D eigenvalue weighted by atomic mass is 9.84. The number of rotatable bonds is 9. The fourth-order valence-corrected chi connectivity index (χ4v) is 10.2. The van der Waals surface area contributed by atoms with E-state index in [4.69, 9.17) is 24.9 Å². The van der Waals surface area contributed by atoms with Gasteiger partial charge in [-0.25, -0.2) is 24.9 Å². The third kappa shape index (κ3) is 8.60. The molecule has 1 aliphatic carbocycles. The van der Waals surface area contributed by atoms with E-state index in [2.05, 4.69) is 182 Å². The molecule has 12 rings (SSSR count). The second-order valence-corrected chi connectivity index (χ2v) is 18.2. The summed E-state index contributed by atoms with van der Waals surface area (Å²) in [6.45, 7) is 0. The number of fused-ring (bicyclic) bond motifs is 3. The first-order valence-corrected chi connectivity index (χ1v) is 24.2. The number of amidine groups is 1. The highest BCUT2D eigenvalue weighted by molar-refractivity contribution is 6.16. The topological polar surface area (TPSA) is 63.4 Å². The molecule has 1 aliphatic heterocycles. The quantitative estimate of drug-likeness (QED) is 0.136. The van der Waals surface area contributed by atoms with Crippen molar-refractivity contribution in [1.29, 1.82) is 0 Å². The molecule has 2 heterocycles. The SMILES string of the molecule is C1=C(c2ccc(C3CCCCC3)cc2)N=C(c2ccc(-c3ccccc3-c3nc(-c4ccccc4)nc(-c4ccccc4)n3)c(-c3ccc4c(ccc5ccccc54)c3)c2)N=C(c2ccccc2)C1. The molecule has 69 heavy (non-hydrogen) atoms. The summed E-state index contributed by atoms with van der Waals surface area (Å²) in [5.41, 5.74) is 13.4. The van der Waals surface area contributed by atoms with Gasteiger partial charge in [0.15, 0.2) is 23.3 Å². The number of hydrogen-bond acceptors (Lipinski definition) is 5. The molecule has 10 aromatic rings. The van der Waals surface area contributed by atoms with Crippen molar-refractivity contribution in [2.24, 2.45) is 9.98 Å². The maximum absolute atomic E-state index is 5.46. The van der Waals surface area contributed by atoms with Crippen LogP contribution in [0.4, 0.5) is 0 Å². The predicted molar refractivity (Wildman–Crippen MR) is 286 cm³/mol. The van der Waals surface area contributed by atoms with Crippen molar-refractivity contribution in [3.8, 4) is 56.4 Å². The van der Waals surface area contributed by atoms with E-state index in [0.717, 1.165) is 67.0 Å². The summed E-state index contributed by atoms with van der Waals surface area (Å²) in [5, 5.41) is 4.85. The van der Waals surface area contributed by atoms with E-state index in [0.29, 0.717) is 35.6 Å². The third-order valence-electron chi connectivity index (χ3n) is 13.8. The van der Waals surface area contributed by atoms with Crippen LogP contribution in [-0.2, 0) is 0 Å². The summed E-state index contributed by atoms with van der Waals surface area (Å²) in [7, 11) is 0. The Kier molecular flexibility index (Phi) is 11.4. The lowest BCUT2D eigenvalue weighted by molar-refractivity contribution is 0.443. The van der Waals surface area contributed by atoms with E-state index in [9.17, 15) is 0 Å². The Balaban J connectivity index is 1.04. The van der Waals surface area contributed by atoms with Crippen LogP contribution in [0.15, 0.2) is 228 Å². The van der Waals surface area contributed by atoms with Crippen LogP contribution in [0.5, 0.6) is 0 Å². The molecule has 0 spiro atoms. The number of allylic oxidation sites excluding steroid dienone is 1. The minimum absolute atomic E-state index is 0.604. The highest BCUT2D eigenvalue weighted by Crippen LogP contribution is 2.41. The van der Waals surface area contributed by atoms with Crippen LogP contribution in [0.2, 0.25) is 0 Å². The van der Waals surface area contributed by atoms with Gasteiger partial charge in [-0.2, -0.15) is 0 Å². The first-order valence-electron chi connectivity index (χ1n) is 24.2. The largest absolute Gasteiger partial charge is 0.232 e. The molecule has 1 fully saturated rings. The van der Waals surface area contributed by atoms with Gasteiger partial charge in [-0.1, -0.05) is 226 Å². The number of benzene rings is 9. The lowest BCUT2D eigenvalue weighted by Crippen LogP contribution is -2.05. The van der Waals surface area contributed by atoms with E-state index < -0.39 is 0 Å². The average Bonchev–Trinajstić information content (AvgIpc) is 3.67. The zero-order valence-corrected chi connectivity index (χ0v) is 38.3. The van der Waals surface area contributed by atoms with Gasteiger partial charge >= 0.3 is 0 Å². The zero-order chi connectivity index (χ0) is 45.9. The average molecular weight is 888 g/mol. The maximum atomic E-state index is 5.46. The molecular formula is C64H49N5. The van der Waals surface area contributed by atoms with Crippen LogP contribution in [0.1, 0.15) is 66.7 Å². The second kappa shape index (κ2) is 18.7. The number of aliphatic imine (C=N–C) groups is 2. The molecule has 330 valence electrons. The van der Waals surface area contributed by atoms with Gasteiger partial charge in [-0.3, -0.25) is 0 Å². The highest BCUT2D eigenvalue weighted by Gasteiger charge is 2.22. The zero-order valence-electron chi connectivity index (χ0n) is 38.3. The number of nitrogens with zero attached hydrogens (tertiary/aromatic N) is 5. The molecule has 5 nitrogen and oxygen atoms in total. The fourth-order valence-electron chi connectivity index (χ4n) is 10.2. The third-order valence-corrected chi connectivity index (χ3v) is 13.8. The van der Waals surface area contributed by atoms with Crippen LogP contribution in [0.25, 0.3) is 83.7 Å². The van der Waals surface area contributed by atoms with Crippen LogP contribution < -0.4 is 0 Å². The van der Waals surface area contributed by atoms with E-state index in [1.165, 1.54) is 59.2 Å². The van der Waals surface area contributed by atoms with Gasteiger partial charge in [0, 0.05) is 28.7 Å². The summed E-state index contributed by atoms with van der Waals surface area (Å²) in [5.74, 6) is 3.17. The van der Waals surface area contributed by atoms with Crippen molar-refractivity contribution < 1.29 is 0 Å². The Morgan fingerprint density at radius 1 is 0.348 bits per heavy atom. The van der Waals surface area contributed by atoms with Crippen molar-refractivity contribution in [3.63, 3.8) is 0 Å². The molecule has 1 saturated carbocycles. The first kappa shape index (κ1) is 42.0.